The molecule has 0 atom stereocenters. The van der Waals surface area contributed by atoms with E-state index in [2.05, 4.69) is 12.2 Å². The predicted octanol–water partition coefficient (Wildman–Crippen LogP) is 8.51. The van der Waals surface area contributed by atoms with Crippen molar-refractivity contribution < 1.29 is 24.5 Å². The molecule has 0 saturated carbocycles. The number of benzene rings is 1. The number of unbranched alkanes of at least 4 members (excludes halogenated alkanes) is 12. The van der Waals surface area contributed by atoms with Crippen LogP contribution in [0.3, 0.4) is 0 Å². The first-order chi connectivity index (χ1) is 18.7. The molecule has 0 radical (unpaired) electrons. The van der Waals surface area contributed by atoms with Gasteiger partial charge in [0.05, 0.1) is 23.2 Å². The summed E-state index contributed by atoms with van der Waals surface area (Å²) in [4.78, 5) is 24.8. The maximum absolute atomic E-state index is 12.4. The van der Waals surface area contributed by atoms with Crippen LogP contribution in [0.2, 0.25) is 0 Å². The minimum Gasteiger partial charge on any atom is -0.491 e. The van der Waals surface area contributed by atoms with Gasteiger partial charge in [-0.15, -0.1) is 0 Å². The van der Waals surface area contributed by atoms with Crippen LogP contribution >= 0.6 is 0 Å². The molecule has 1 aromatic rings. The molecule has 3 N–H and O–H groups in total. The van der Waals surface area contributed by atoms with Gasteiger partial charge >= 0.3 is 11.9 Å². The molecule has 1 aliphatic rings. The van der Waals surface area contributed by atoms with Crippen LogP contribution < -0.4 is 10.1 Å². The Kier molecular flexibility index (Phi) is 14.2. The van der Waals surface area contributed by atoms with E-state index in [-0.39, 0.29) is 17.3 Å². The highest BCUT2D eigenvalue weighted by Gasteiger charge is 2.39. The van der Waals surface area contributed by atoms with Gasteiger partial charge in [-0.1, -0.05) is 96.1 Å². The number of ether oxygens (including phenoxy) is 1. The zero-order chi connectivity index (χ0) is 28.8. The Balaban J connectivity index is 2.09. The number of allylic oxidation sites excluding steroid dienone is 2. The van der Waals surface area contributed by atoms with Crippen molar-refractivity contribution in [1.29, 1.82) is 0 Å². The lowest BCUT2D eigenvalue weighted by molar-refractivity contribution is -0.133. The lowest BCUT2D eigenvalue weighted by atomic mass is 9.77. The summed E-state index contributed by atoms with van der Waals surface area (Å²) in [6.45, 7) is 9.48. The lowest BCUT2D eigenvalue weighted by Crippen LogP contribution is -2.32. The molecule has 0 fully saturated rings. The van der Waals surface area contributed by atoms with Crippen molar-refractivity contribution in [1.82, 2.24) is 5.32 Å². The fourth-order valence-corrected chi connectivity index (χ4v) is 5.67. The van der Waals surface area contributed by atoms with Crippen molar-refractivity contribution in [2.75, 3.05) is 0 Å². The maximum atomic E-state index is 12.4. The van der Waals surface area contributed by atoms with Crippen LogP contribution in [0.5, 0.6) is 5.75 Å². The van der Waals surface area contributed by atoms with Gasteiger partial charge in [0.1, 0.15) is 5.75 Å². The van der Waals surface area contributed by atoms with Gasteiger partial charge in [0.2, 0.25) is 0 Å². The maximum Gasteiger partial charge on any atom is 0.334 e. The first-order valence-electron chi connectivity index (χ1n) is 15.1. The molecule has 0 aliphatic carbocycles. The summed E-state index contributed by atoms with van der Waals surface area (Å²) >= 11 is 0. The smallest absolute Gasteiger partial charge is 0.334 e. The molecule has 0 amide bonds. The van der Waals surface area contributed by atoms with Gasteiger partial charge in [-0.2, -0.15) is 0 Å². The number of aliphatic carboxylic acids is 2. The molecule has 0 unspecified atom stereocenters. The summed E-state index contributed by atoms with van der Waals surface area (Å²) in [7, 11) is 0. The highest BCUT2D eigenvalue weighted by Crippen LogP contribution is 2.44. The third kappa shape index (κ3) is 10.1. The number of carboxylic acids is 2. The summed E-state index contributed by atoms with van der Waals surface area (Å²) in [5, 5.41) is 23.2. The Hall–Kier alpha value is -2.76. The largest absolute Gasteiger partial charge is 0.491 e. The van der Waals surface area contributed by atoms with Crippen molar-refractivity contribution >= 4 is 11.9 Å². The van der Waals surface area contributed by atoms with E-state index in [4.69, 9.17) is 4.74 Å². The number of dihydropyridines is 1. The van der Waals surface area contributed by atoms with Crippen molar-refractivity contribution in [2.24, 2.45) is 0 Å². The monoisotopic (exact) mass is 541 g/mol. The first kappa shape index (κ1) is 32.5. The van der Waals surface area contributed by atoms with Crippen molar-refractivity contribution in [3.05, 3.63) is 51.9 Å². The Morgan fingerprint density at radius 1 is 0.795 bits per heavy atom. The quantitative estimate of drug-likeness (QED) is 0.152. The second-order valence-electron chi connectivity index (χ2n) is 11.2. The number of carboxylic acid groups (broad SMARTS) is 2. The van der Waals surface area contributed by atoms with E-state index in [1.54, 1.807) is 13.8 Å². The number of carbonyl (C=O) groups is 2. The van der Waals surface area contributed by atoms with Gasteiger partial charge in [0.25, 0.3) is 0 Å². The average molecular weight is 542 g/mol. The molecule has 0 spiro atoms. The number of rotatable bonds is 19. The Bertz CT molecular complexity index is 971. The van der Waals surface area contributed by atoms with Gasteiger partial charge in [0, 0.05) is 17.0 Å². The van der Waals surface area contributed by atoms with Gasteiger partial charge in [-0.3, -0.25) is 0 Å². The number of nitrogens with one attached hydrogen (secondary N) is 1. The van der Waals surface area contributed by atoms with Crippen molar-refractivity contribution in [3.8, 4) is 5.75 Å². The van der Waals surface area contributed by atoms with E-state index in [1.807, 2.05) is 32.0 Å². The third-order valence-corrected chi connectivity index (χ3v) is 7.58. The van der Waals surface area contributed by atoms with Crippen molar-refractivity contribution in [3.63, 3.8) is 0 Å². The summed E-state index contributed by atoms with van der Waals surface area (Å²) in [6.07, 6.45) is 17.2. The lowest BCUT2D eigenvalue weighted by Gasteiger charge is -2.31. The van der Waals surface area contributed by atoms with Crippen LogP contribution in [0.25, 0.3) is 0 Å². The molecule has 6 heteroatoms. The zero-order valence-corrected chi connectivity index (χ0v) is 24.9. The molecule has 1 aromatic carbocycles. The van der Waals surface area contributed by atoms with E-state index in [0.29, 0.717) is 22.7 Å². The van der Waals surface area contributed by atoms with Crippen LogP contribution in [-0.4, -0.2) is 28.3 Å². The van der Waals surface area contributed by atoms with Gasteiger partial charge in [-0.05, 0) is 52.2 Å². The minimum atomic E-state index is -1.12. The van der Waals surface area contributed by atoms with Crippen LogP contribution in [0.4, 0.5) is 0 Å². The zero-order valence-electron chi connectivity index (χ0n) is 24.9. The summed E-state index contributed by atoms with van der Waals surface area (Å²) in [5.74, 6) is -2.60. The molecule has 6 nitrogen and oxygen atoms in total. The normalized spacial score (nSPS) is 14.2. The fourth-order valence-electron chi connectivity index (χ4n) is 5.67. The number of hydrogen-bond acceptors (Lipinski definition) is 4. The van der Waals surface area contributed by atoms with Gasteiger partial charge < -0.3 is 20.3 Å². The van der Waals surface area contributed by atoms with E-state index < -0.39 is 17.9 Å². The predicted molar refractivity (Wildman–Crippen MR) is 158 cm³/mol. The molecule has 2 rings (SSSR count). The molecule has 218 valence electrons. The SMILES string of the molecule is CCCCCCCCCCCCCCCc1cccc(OC(C)C)c1C1C(C(=O)O)=C(C)NC(C)=C1C(=O)O. The second kappa shape index (κ2) is 17.0. The van der Waals surface area contributed by atoms with E-state index in [0.717, 1.165) is 24.8 Å². The Labute approximate surface area is 235 Å². The highest BCUT2D eigenvalue weighted by molar-refractivity contribution is 5.98. The summed E-state index contributed by atoms with van der Waals surface area (Å²) in [6, 6.07) is 5.75. The topological polar surface area (TPSA) is 95.9 Å². The first-order valence-corrected chi connectivity index (χ1v) is 15.1. The van der Waals surface area contributed by atoms with Crippen LogP contribution in [0.1, 0.15) is 135 Å². The van der Waals surface area contributed by atoms with Crippen LogP contribution in [0, 0.1) is 0 Å². The molecular weight excluding hydrogens is 490 g/mol. The van der Waals surface area contributed by atoms with E-state index >= 15 is 0 Å². The van der Waals surface area contributed by atoms with Crippen molar-refractivity contribution in [2.45, 2.75) is 137 Å². The third-order valence-electron chi connectivity index (χ3n) is 7.58. The fraction of sp³-hybridized carbons (Fsp3) is 0.636. The molecule has 1 heterocycles. The van der Waals surface area contributed by atoms with E-state index in [9.17, 15) is 19.8 Å². The van der Waals surface area contributed by atoms with Crippen LogP contribution in [0.15, 0.2) is 40.7 Å². The molecule has 1 aliphatic heterocycles. The number of aryl methyl sites for hydroxylation is 1. The van der Waals surface area contributed by atoms with Crippen LogP contribution in [-0.2, 0) is 16.0 Å². The molecule has 0 aromatic heterocycles. The van der Waals surface area contributed by atoms with E-state index in [1.165, 1.54) is 70.6 Å². The molecular formula is C33H51NO5. The summed E-state index contributed by atoms with van der Waals surface area (Å²) in [5.41, 5.74) is 2.66. The highest BCUT2D eigenvalue weighted by atomic mass is 16.5. The number of hydrogen-bond donors (Lipinski definition) is 3. The Morgan fingerprint density at radius 3 is 1.69 bits per heavy atom. The summed E-state index contributed by atoms with van der Waals surface area (Å²) < 4.78 is 6.13. The molecule has 0 bridgehead atoms. The Morgan fingerprint density at radius 2 is 1.26 bits per heavy atom. The standard InChI is InChI=1S/C33H51NO5/c1-6-7-8-9-10-11-12-13-14-15-16-17-18-20-26-21-19-22-27(39-23(2)3)30(26)31-28(32(35)36)24(4)34-25(5)29(31)33(37)38/h19,21-23,31,34H,6-18,20H2,1-5H3,(H,35,36)(H,37,38). The average Bonchev–Trinajstić information content (AvgIpc) is 2.85. The molecule has 39 heavy (non-hydrogen) atoms. The van der Waals surface area contributed by atoms with Gasteiger partial charge in [0.15, 0.2) is 0 Å². The van der Waals surface area contributed by atoms with Gasteiger partial charge in [-0.25, -0.2) is 9.59 Å². The molecule has 0 saturated heterocycles. The second-order valence-corrected chi connectivity index (χ2v) is 11.2. The minimum absolute atomic E-state index is 0.0596.